The molecule has 8 heteroatoms. The number of amides is 2. The zero-order chi connectivity index (χ0) is 23.5. The Hall–Kier alpha value is -3.13. The van der Waals surface area contributed by atoms with Crippen LogP contribution in [0.15, 0.2) is 59.8 Å². The van der Waals surface area contributed by atoms with Crippen LogP contribution in [0.25, 0.3) is 5.69 Å². The molecule has 1 aliphatic carbocycles. The number of hydrogen-bond acceptors (Lipinski definition) is 5. The van der Waals surface area contributed by atoms with Gasteiger partial charge in [-0.1, -0.05) is 48.2 Å². The summed E-state index contributed by atoms with van der Waals surface area (Å²) < 4.78 is 2.06. The van der Waals surface area contributed by atoms with Crippen LogP contribution in [0.4, 0.5) is 5.69 Å². The number of nitrogens with one attached hydrogen (secondary N) is 1. The molecule has 7 nitrogen and oxygen atoms in total. The average Bonchev–Trinajstić information content (AvgIpc) is 3.62. The molecule has 2 amide bonds. The van der Waals surface area contributed by atoms with Crippen LogP contribution in [0.3, 0.4) is 0 Å². The van der Waals surface area contributed by atoms with E-state index in [0.29, 0.717) is 11.1 Å². The molecule has 1 aliphatic heterocycles. The van der Waals surface area contributed by atoms with Crippen LogP contribution < -0.4 is 5.32 Å². The SMILES string of the molecule is CC(=O)Nc1cccc(-n2c(SC(C(=O)N3CCCCC3)c3ccccc3)nnc2C2CC2)c1. The van der Waals surface area contributed by atoms with Crippen molar-refractivity contribution < 1.29 is 9.59 Å². The second-order valence-electron chi connectivity index (χ2n) is 8.98. The number of hydrogen-bond donors (Lipinski definition) is 1. The van der Waals surface area contributed by atoms with Crippen LogP contribution in [0.1, 0.15) is 61.6 Å². The van der Waals surface area contributed by atoms with Gasteiger partial charge in [0.15, 0.2) is 5.16 Å². The molecule has 2 aromatic carbocycles. The van der Waals surface area contributed by atoms with Gasteiger partial charge in [-0.05, 0) is 55.9 Å². The number of nitrogens with zero attached hydrogens (tertiary/aromatic N) is 4. The fourth-order valence-electron chi connectivity index (χ4n) is 4.41. The number of piperidine rings is 1. The molecule has 1 N–H and O–H groups in total. The Morgan fingerprint density at radius 1 is 1.00 bits per heavy atom. The Labute approximate surface area is 203 Å². The summed E-state index contributed by atoms with van der Waals surface area (Å²) in [5.74, 6) is 1.30. The van der Waals surface area contributed by atoms with E-state index < -0.39 is 5.25 Å². The van der Waals surface area contributed by atoms with Crippen LogP contribution in [-0.2, 0) is 9.59 Å². The van der Waals surface area contributed by atoms with Crippen molar-refractivity contribution in [3.05, 3.63) is 66.0 Å². The Bertz CT molecular complexity index is 1170. The molecule has 1 saturated heterocycles. The minimum atomic E-state index is -0.396. The highest BCUT2D eigenvalue weighted by atomic mass is 32.2. The van der Waals surface area contributed by atoms with Crippen molar-refractivity contribution in [3.8, 4) is 5.69 Å². The van der Waals surface area contributed by atoms with E-state index in [9.17, 15) is 9.59 Å². The number of aromatic nitrogens is 3. The topological polar surface area (TPSA) is 80.1 Å². The maximum absolute atomic E-state index is 13.7. The molecule has 0 bridgehead atoms. The number of carbonyl (C=O) groups excluding carboxylic acids is 2. The van der Waals surface area contributed by atoms with Gasteiger partial charge in [-0.2, -0.15) is 0 Å². The Kier molecular flexibility index (Phi) is 6.67. The zero-order valence-electron chi connectivity index (χ0n) is 19.3. The molecule has 2 fully saturated rings. The van der Waals surface area contributed by atoms with Gasteiger partial charge in [-0.15, -0.1) is 10.2 Å². The largest absolute Gasteiger partial charge is 0.341 e. The molecule has 2 aliphatic rings. The average molecular weight is 476 g/mol. The zero-order valence-corrected chi connectivity index (χ0v) is 20.1. The molecular weight excluding hydrogens is 446 g/mol. The van der Waals surface area contributed by atoms with Gasteiger partial charge in [0.25, 0.3) is 0 Å². The molecule has 3 aromatic rings. The number of rotatable bonds is 7. The molecule has 5 rings (SSSR count). The summed E-state index contributed by atoms with van der Waals surface area (Å²) in [5.41, 5.74) is 2.58. The molecule has 1 saturated carbocycles. The van der Waals surface area contributed by atoms with Gasteiger partial charge in [0, 0.05) is 31.6 Å². The Balaban J connectivity index is 1.52. The number of anilines is 1. The normalized spacial score (nSPS) is 16.8. The minimum absolute atomic E-state index is 0.116. The highest BCUT2D eigenvalue weighted by Crippen LogP contribution is 2.44. The lowest BCUT2D eigenvalue weighted by atomic mass is 10.1. The standard InChI is InChI=1S/C26H29N5O2S/c1-18(32)27-21-11-8-12-22(17-21)31-24(20-13-14-20)28-29-26(31)34-23(19-9-4-2-5-10-19)25(33)30-15-6-3-7-16-30/h2,4-5,8-12,17,20,23H,3,6-7,13-16H2,1H3,(H,27,32). The van der Waals surface area contributed by atoms with Crippen LogP contribution in [-0.4, -0.2) is 44.6 Å². The molecular formula is C26H29N5O2S. The van der Waals surface area contributed by atoms with Gasteiger partial charge in [0.05, 0.1) is 5.69 Å². The maximum Gasteiger partial charge on any atom is 0.240 e. The van der Waals surface area contributed by atoms with Gasteiger partial charge in [-0.3, -0.25) is 14.2 Å². The highest BCUT2D eigenvalue weighted by molar-refractivity contribution is 8.00. The van der Waals surface area contributed by atoms with E-state index in [4.69, 9.17) is 0 Å². The molecule has 34 heavy (non-hydrogen) atoms. The molecule has 176 valence electrons. The molecule has 0 radical (unpaired) electrons. The Morgan fingerprint density at radius 3 is 2.47 bits per heavy atom. The van der Waals surface area contributed by atoms with E-state index in [0.717, 1.165) is 61.5 Å². The molecule has 0 spiro atoms. The summed E-state index contributed by atoms with van der Waals surface area (Å²) in [7, 11) is 0. The van der Waals surface area contributed by atoms with E-state index in [-0.39, 0.29) is 11.8 Å². The van der Waals surface area contributed by atoms with E-state index in [1.165, 1.54) is 25.1 Å². The van der Waals surface area contributed by atoms with Gasteiger partial charge >= 0.3 is 0 Å². The maximum atomic E-state index is 13.7. The quantitative estimate of drug-likeness (QED) is 0.489. The fraction of sp³-hybridized carbons (Fsp3) is 0.385. The van der Waals surface area contributed by atoms with Crippen LogP contribution in [0.2, 0.25) is 0 Å². The molecule has 1 unspecified atom stereocenters. The Morgan fingerprint density at radius 2 is 1.76 bits per heavy atom. The first-order valence-electron chi connectivity index (χ1n) is 11.9. The lowest BCUT2D eigenvalue weighted by Gasteiger charge is -2.30. The predicted octanol–water partition coefficient (Wildman–Crippen LogP) is 4.95. The van der Waals surface area contributed by atoms with E-state index in [1.807, 2.05) is 59.5 Å². The van der Waals surface area contributed by atoms with Crippen molar-refractivity contribution in [2.75, 3.05) is 18.4 Å². The third-order valence-corrected chi connectivity index (χ3v) is 7.43. The van der Waals surface area contributed by atoms with Crippen LogP contribution in [0.5, 0.6) is 0 Å². The van der Waals surface area contributed by atoms with Gasteiger partial charge in [0.2, 0.25) is 11.8 Å². The summed E-state index contributed by atoms with van der Waals surface area (Å²) >= 11 is 1.46. The number of carbonyl (C=O) groups is 2. The summed E-state index contributed by atoms with van der Waals surface area (Å²) in [5, 5.41) is 12.3. The minimum Gasteiger partial charge on any atom is -0.341 e. The molecule has 2 heterocycles. The molecule has 1 aromatic heterocycles. The lowest BCUT2D eigenvalue weighted by Crippen LogP contribution is -2.38. The lowest BCUT2D eigenvalue weighted by molar-refractivity contribution is -0.131. The number of benzene rings is 2. The number of thioether (sulfide) groups is 1. The van der Waals surface area contributed by atoms with Gasteiger partial charge in [-0.25, -0.2) is 0 Å². The summed E-state index contributed by atoms with van der Waals surface area (Å²) in [6, 6.07) is 17.7. The van der Waals surface area contributed by atoms with Gasteiger partial charge < -0.3 is 10.2 Å². The van der Waals surface area contributed by atoms with Crippen molar-refractivity contribution in [2.45, 2.75) is 55.4 Å². The smallest absolute Gasteiger partial charge is 0.240 e. The first-order valence-corrected chi connectivity index (χ1v) is 12.8. The fourth-order valence-corrected chi connectivity index (χ4v) is 5.55. The van der Waals surface area contributed by atoms with Crippen LogP contribution >= 0.6 is 11.8 Å². The summed E-state index contributed by atoms with van der Waals surface area (Å²) in [6.45, 7) is 3.11. The van der Waals surface area contributed by atoms with Gasteiger partial charge in [0.1, 0.15) is 11.1 Å². The second-order valence-corrected chi connectivity index (χ2v) is 10.0. The third-order valence-electron chi connectivity index (χ3n) is 6.24. The van der Waals surface area contributed by atoms with Crippen molar-refractivity contribution in [3.63, 3.8) is 0 Å². The number of likely N-dealkylation sites (tertiary alicyclic amines) is 1. The summed E-state index contributed by atoms with van der Waals surface area (Å²) in [4.78, 5) is 27.3. The predicted molar refractivity (Wildman–Crippen MR) is 133 cm³/mol. The van der Waals surface area contributed by atoms with E-state index >= 15 is 0 Å². The van der Waals surface area contributed by atoms with Crippen molar-refractivity contribution >= 4 is 29.3 Å². The van der Waals surface area contributed by atoms with Crippen molar-refractivity contribution in [1.29, 1.82) is 0 Å². The van der Waals surface area contributed by atoms with Crippen molar-refractivity contribution in [2.24, 2.45) is 0 Å². The monoisotopic (exact) mass is 475 g/mol. The first-order chi connectivity index (χ1) is 16.6. The first kappa shape index (κ1) is 22.7. The van der Waals surface area contributed by atoms with E-state index in [2.05, 4.69) is 20.1 Å². The third kappa shape index (κ3) is 5.01. The van der Waals surface area contributed by atoms with Crippen molar-refractivity contribution in [1.82, 2.24) is 19.7 Å². The summed E-state index contributed by atoms with van der Waals surface area (Å²) in [6.07, 6.45) is 5.45. The van der Waals surface area contributed by atoms with Crippen LogP contribution in [0, 0.1) is 0 Å². The second kappa shape index (κ2) is 10.0. The highest BCUT2D eigenvalue weighted by Gasteiger charge is 2.34. The van der Waals surface area contributed by atoms with E-state index in [1.54, 1.807) is 0 Å². The molecule has 1 atom stereocenters.